The third-order valence-electron chi connectivity index (χ3n) is 5.32. The van der Waals surface area contributed by atoms with Crippen molar-refractivity contribution in [3.63, 3.8) is 0 Å². The minimum Gasteiger partial charge on any atom is -0.505 e. The largest absolute Gasteiger partial charge is 0.505 e. The molecule has 1 fully saturated rings. The Morgan fingerprint density at radius 3 is 2.34 bits per heavy atom. The number of carbonyl (C=O) groups is 1. The number of aromatic hydroxyl groups is 1. The molecule has 1 heterocycles. The molecule has 32 heavy (non-hydrogen) atoms. The van der Waals surface area contributed by atoms with Crippen molar-refractivity contribution < 1.29 is 27.1 Å². The Morgan fingerprint density at radius 1 is 1.03 bits per heavy atom. The molecule has 0 atom stereocenters. The molecule has 1 saturated heterocycles. The fraction of sp³-hybridized carbons (Fsp3) is 0.174. The van der Waals surface area contributed by atoms with Crippen molar-refractivity contribution >= 4 is 27.3 Å². The number of carbonyl (C=O) groups excluding carboxylic acids is 1. The van der Waals surface area contributed by atoms with E-state index < -0.39 is 43.8 Å². The van der Waals surface area contributed by atoms with Crippen LogP contribution in [0.1, 0.15) is 22.3 Å². The molecule has 5 nitrogen and oxygen atoms in total. The van der Waals surface area contributed by atoms with Gasteiger partial charge in [0.15, 0.2) is 15.6 Å². The molecule has 3 aromatic carbocycles. The molecule has 3 aromatic rings. The van der Waals surface area contributed by atoms with E-state index in [4.69, 9.17) is 11.6 Å². The van der Waals surface area contributed by atoms with Crippen LogP contribution < -0.4 is 0 Å². The lowest BCUT2D eigenvalue weighted by molar-refractivity contribution is 0.0651. The van der Waals surface area contributed by atoms with Crippen LogP contribution in [0.25, 0.3) is 11.1 Å². The van der Waals surface area contributed by atoms with E-state index in [0.29, 0.717) is 24.7 Å². The summed E-state index contributed by atoms with van der Waals surface area (Å²) in [7, 11) is -4.34. The molecule has 1 aliphatic rings. The van der Waals surface area contributed by atoms with E-state index in [9.17, 15) is 27.1 Å². The molecule has 0 saturated carbocycles. The lowest BCUT2D eigenvalue weighted by atomic mass is 10.0. The third-order valence-corrected chi connectivity index (χ3v) is 7.28. The maximum Gasteiger partial charge on any atom is 0.253 e. The van der Waals surface area contributed by atoms with Crippen molar-refractivity contribution in [1.82, 2.24) is 4.90 Å². The number of phenolic OH excluding ortho intramolecular Hbond substituents is 1. The molecule has 1 N–H and O–H groups in total. The number of hydrogen-bond acceptors (Lipinski definition) is 4. The minimum absolute atomic E-state index is 0.00984. The summed E-state index contributed by atoms with van der Waals surface area (Å²) in [6.45, 7) is 1.09. The van der Waals surface area contributed by atoms with Crippen molar-refractivity contribution in [2.45, 2.75) is 17.1 Å². The smallest absolute Gasteiger partial charge is 0.253 e. The van der Waals surface area contributed by atoms with E-state index in [2.05, 4.69) is 0 Å². The summed E-state index contributed by atoms with van der Waals surface area (Å²) in [5, 5.41) is 9.98. The Balaban J connectivity index is 1.74. The van der Waals surface area contributed by atoms with Gasteiger partial charge < -0.3 is 10.0 Å². The second kappa shape index (κ2) is 8.52. The Kier molecular flexibility index (Phi) is 5.92. The van der Waals surface area contributed by atoms with Gasteiger partial charge in [0.2, 0.25) is 0 Å². The number of amides is 1. The lowest BCUT2D eigenvalue weighted by Gasteiger charge is -2.31. The number of phenols is 1. The first-order chi connectivity index (χ1) is 15.2. The van der Waals surface area contributed by atoms with Crippen LogP contribution in [0, 0.1) is 11.6 Å². The fourth-order valence-electron chi connectivity index (χ4n) is 3.46. The molecular formula is C23H18ClF2NO4S. The van der Waals surface area contributed by atoms with Gasteiger partial charge in [-0.25, -0.2) is 17.2 Å². The van der Waals surface area contributed by atoms with Gasteiger partial charge in [-0.2, -0.15) is 0 Å². The van der Waals surface area contributed by atoms with Crippen molar-refractivity contribution in [2.24, 2.45) is 0 Å². The van der Waals surface area contributed by atoms with Crippen molar-refractivity contribution in [1.29, 1.82) is 0 Å². The molecular weight excluding hydrogens is 460 g/mol. The molecule has 9 heteroatoms. The maximum atomic E-state index is 14.5. The van der Waals surface area contributed by atoms with Crippen LogP contribution in [0.4, 0.5) is 8.78 Å². The van der Waals surface area contributed by atoms with Gasteiger partial charge in [0.05, 0.1) is 10.8 Å². The van der Waals surface area contributed by atoms with E-state index in [1.165, 1.54) is 11.0 Å². The average molecular weight is 478 g/mol. The molecule has 0 radical (unpaired) electrons. The highest BCUT2D eigenvalue weighted by Crippen LogP contribution is 2.36. The molecule has 0 unspecified atom stereocenters. The van der Waals surface area contributed by atoms with Gasteiger partial charge in [0.1, 0.15) is 16.5 Å². The predicted molar refractivity (Wildman–Crippen MR) is 116 cm³/mol. The summed E-state index contributed by atoms with van der Waals surface area (Å²) >= 11 is 5.99. The Bertz CT molecular complexity index is 1310. The SMILES string of the molecule is O=C(c1cc(Cl)c(O)c(S(=O)(=O)Cc2cc(-c3ccccc3)c(F)cc2F)c1)N1CCC1. The van der Waals surface area contributed by atoms with Crippen LogP contribution in [0.2, 0.25) is 5.02 Å². The van der Waals surface area contributed by atoms with Crippen LogP contribution in [0.5, 0.6) is 5.75 Å². The number of hydrogen-bond donors (Lipinski definition) is 1. The summed E-state index contributed by atoms with van der Waals surface area (Å²) in [4.78, 5) is 13.4. The summed E-state index contributed by atoms with van der Waals surface area (Å²) in [5.41, 5.74) is 0.230. The Hall–Kier alpha value is -2.97. The maximum absolute atomic E-state index is 14.5. The van der Waals surface area contributed by atoms with E-state index >= 15 is 0 Å². The summed E-state index contributed by atoms with van der Waals surface area (Å²) in [6.07, 6.45) is 0.844. The van der Waals surface area contributed by atoms with Gasteiger partial charge >= 0.3 is 0 Å². The van der Waals surface area contributed by atoms with Crippen LogP contribution in [0.3, 0.4) is 0 Å². The number of benzene rings is 3. The van der Waals surface area contributed by atoms with Crippen LogP contribution in [-0.4, -0.2) is 37.4 Å². The highest BCUT2D eigenvalue weighted by Gasteiger charge is 2.28. The summed E-state index contributed by atoms with van der Waals surface area (Å²) in [6, 6.07) is 12.3. The predicted octanol–water partition coefficient (Wildman–Crippen LogP) is 4.81. The third kappa shape index (κ3) is 4.20. The second-order valence-electron chi connectivity index (χ2n) is 7.50. The molecule has 0 aromatic heterocycles. The van der Waals surface area contributed by atoms with Gasteiger partial charge in [-0.15, -0.1) is 0 Å². The Labute approximate surface area is 188 Å². The second-order valence-corrected chi connectivity index (χ2v) is 9.86. The molecule has 0 spiro atoms. The number of sulfone groups is 1. The Morgan fingerprint density at radius 2 is 1.72 bits per heavy atom. The standard InChI is InChI=1S/C23H18ClF2NO4S/c24-18-10-15(23(29)27-7-4-8-27)11-21(22(18)28)32(30,31)13-16-9-17(20(26)12-19(16)25)14-5-2-1-3-6-14/h1-3,5-6,9-12,28H,4,7-8,13H2. The van der Waals surface area contributed by atoms with E-state index in [0.717, 1.165) is 18.6 Å². The summed E-state index contributed by atoms with van der Waals surface area (Å²) in [5.74, 6) is -3.86. The average Bonchev–Trinajstić information content (AvgIpc) is 2.71. The van der Waals surface area contributed by atoms with Gasteiger partial charge in [-0.05, 0) is 30.2 Å². The number of rotatable bonds is 5. The normalized spacial score (nSPS) is 13.7. The zero-order valence-electron chi connectivity index (χ0n) is 16.7. The number of halogens is 3. The molecule has 0 bridgehead atoms. The minimum atomic E-state index is -4.34. The first kappa shape index (κ1) is 22.2. The van der Waals surface area contributed by atoms with Crippen LogP contribution in [0.15, 0.2) is 59.5 Å². The van der Waals surface area contributed by atoms with E-state index in [-0.39, 0.29) is 21.7 Å². The quantitative estimate of drug-likeness (QED) is 0.572. The molecule has 166 valence electrons. The van der Waals surface area contributed by atoms with Crippen molar-refractivity contribution in [3.05, 3.63) is 82.4 Å². The topological polar surface area (TPSA) is 74.7 Å². The molecule has 1 amide bonds. The number of likely N-dealkylation sites (tertiary alicyclic amines) is 1. The first-order valence-corrected chi connectivity index (χ1v) is 11.8. The van der Waals surface area contributed by atoms with Gasteiger partial charge in [-0.1, -0.05) is 41.9 Å². The van der Waals surface area contributed by atoms with Gasteiger partial charge in [0.25, 0.3) is 5.91 Å². The zero-order valence-corrected chi connectivity index (χ0v) is 18.3. The molecule has 4 rings (SSSR count). The van der Waals surface area contributed by atoms with E-state index in [1.54, 1.807) is 30.3 Å². The monoisotopic (exact) mass is 477 g/mol. The molecule has 1 aliphatic heterocycles. The summed E-state index contributed by atoms with van der Waals surface area (Å²) < 4.78 is 55.0. The van der Waals surface area contributed by atoms with Crippen molar-refractivity contribution in [3.8, 4) is 16.9 Å². The van der Waals surface area contributed by atoms with Crippen LogP contribution >= 0.6 is 11.6 Å². The van der Waals surface area contributed by atoms with Crippen LogP contribution in [-0.2, 0) is 15.6 Å². The van der Waals surface area contributed by atoms with Gasteiger partial charge in [0, 0.05) is 35.8 Å². The van der Waals surface area contributed by atoms with Crippen molar-refractivity contribution in [2.75, 3.05) is 13.1 Å². The highest BCUT2D eigenvalue weighted by atomic mass is 35.5. The lowest BCUT2D eigenvalue weighted by Crippen LogP contribution is -2.42. The zero-order chi connectivity index (χ0) is 23.0. The first-order valence-electron chi connectivity index (χ1n) is 9.75. The fourth-order valence-corrected chi connectivity index (χ4v) is 5.23. The number of nitrogens with zero attached hydrogens (tertiary/aromatic N) is 1. The molecule has 0 aliphatic carbocycles. The van der Waals surface area contributed by atoms with E-state index in [1.807, 2.05) is 0 Å². The van der Waals surface area contributed by atoms with Gasteiger partial charge in [-0.3, -0.25) is 4.79 Å². The highest BCUT2D eigenvalue weighted by molar-refractivity contribution is 7.90.